The van der Waals surface area contributed by atoms with Crippen molar-refractivity contribution >= 4 is 43.1 Å². The molecule has 8 nitrogen and oxygen atoms in total. The number of nitrogens with two attached hydrogens (primary N) is 1. The zero-order valence-corrected chi connectivity index (χ0v) is 19.6. The number of fused-ring (bicyclic) bond motifs is 2. The molecule has 2 aromatic heterocycles. The van der Waals surface area contributed by atoms with Crippen molar-refractivity contribution in [2.24, 2.45) is 0 Å². The molecular formula is C24H19F2N7OS. The van der Waals surface area contributed by atoms with Gasteiger partial charge in [-0.05, 0) is 24.6 Å². The molecular weight excluding hydrogens is 472 g/mol. The molecule has 1 fully saturated rings. The second-order valence-electron chi connectivity index (χ2n) is 8.21. The van der Waals surface area contributed by atoms with E-state index in [4.69, 9.17) is 10.5 Å². The van der Waals surface area contributed by atoms with Crippen LogP contribution in [0, 0.1) is 34.3 Å². The van der Waals surface area contributed by atoms with E-state index in [-0.39, 0.29) is 54.9 Å². The number of halogens is 2. The quantitative estimate of drug-likeness (QED) is 0.442. The Morgan fingerprint density at radius 3 is 2.74 bits per heavy atom. The van der Waals surface area contributed by atoms with Crippen LogP contribution in [0.1, 0.15) is 18.1 Å². The molecule has 2 aromatic carbocycles. The maximum atomic E-state index is 16.3. The lowest BCUT2D eigenvalue weighted by molar-refractivity contribution is 0.380. The molecule has 0 bridgehead atoms. The molecule has 1 unspecified atom stereocenters. The van der Waals surface area contributed by atoms with Crippen LogP contribution >= 0.6 is 11.3 Å². The highest BCUT2D eigenvalue weighted by molar-refractivity contribution is 7.23. The zero-order valence-electron chi connectivity index (χ0n) is 18.8. The lowest BCUT2D eigenvalue weighted by Crippen LogP contribution is -2.49. The summed E-state index contributed by atoms with van der Waals surface area (Å²) >= 11 is 0.906. The summed E-state index contributed by atoms with van der Waals surface area (Å²) in [5.41, 5.74) is 6.07. The molecule has 35 heavy (non-hydrogen) atoms. The minimum absolute atomic E-state index is 0.00905. The standard InChI is InChI=1S/C24H19F2N7OS/c1-11-10-33(6-5-30-11)23-14-7-12(8-27)17(19(26)20(14)31-24(32-23)34-2)13-3-4-16(25)21-18(13)15(9-28)22(29)35-21/h3-4,7,11,30H,5-6,10,29H2,1-2H3. The van der Waals surface area contributed by atoms with Crippen molar-refractivity contribution in [1.82, 2.24) is 15.3 Å². The third-order valence-electron chi connectivity index (χ3n) is 6.06. The highest BCUT2D eigenvalue weighted by Gasteiger charge is 2.27. The van der Waals surface area contributed by atoms with E-state index < -0.39 is 11.6 Å². The molecule has 1 atom stereocenters. The van der Waals surface area contributed by atoms with Crippen LogP contribution in [0.3, 0.4) is 0 Å². The van der Waals surface area contributed by atoms with E-state index in [9.17, 15) is 14.9 Å². The monoisotopic (exact) mass is 491 g/mol. The normalized spacial score (nSPS) is 15.8. The first-order valence-corrected chi connectivity index (χ1v) is 11.6. The maximum absolute atomic E-state index is 16.3. The van der Waals surface area contributed by atoms with E-state index in [1.807, 2.05) is 17.9 Å². The maximum Gasteiger partial charge on any atom is 0.318 e. The van der Waals surface area contributed by atoms with Crippen LogP contribution in [-0.2, 0) is 0 Å². The first-order valence-electron chi connectivity index (χ1n) is 10.8. The summed E-state index contributed by atoms with van der Waals surface area (Å²) in [5.74, 6) is -0.907. The van der Waals surface area contributed by atoms with Crippen molar-refractivity contribution in [1.29, 1.82) is 10.5 Å². The Bertz CT molecular complexity index is 1590. The number of thiophene rings is 1. The third-order valence-corrected chi connectivity index (χ3v) is 7.09. The van der Waals surface area contributed by atoms with Crippen LogP contribution in [0.25, 0.3) is 32.1 Å². The van der Waals surface area contributed by atoms with Crippen LogP contribution < -0.4 is 20.7 Å². The van der Waals surface area contributed by atoms with Gasteiger partial charge in [0.05, 0.1) is 29.0 Å². The number of rotatable bonds is 3. The topological polar surface area (TPSA) is 124 Å². The highest BCUT2D eigenvalue weighted by Crippen LogP contribution is 2.44. The molecule has 176 valence electrons. The fraction of sp³-hybridized carbons (Fsp3) is 0.250. The smallest absolute Gasteiger partial charge is 0.318 e. The fourth-order valence-electron chi connectivity index (χ4n) is 4.51. The van der Waals surface area contributed by atoms with Gasteiger partial charge < -0.3 is 20.7 Å². The van der Waals surface area contributed by atoms with Gasteiger partial charge in [0.25, 0.3) is 0 Å². The summed E-state index contributed by atoms with van der Waals surface area (Å²) < 4.78 is 36.2. The van der Waals surface area contributed by atoms with E-state index in [0.29, 0.717) is 30.8 Å². The molecule has 11 heteroatoms. The van der Waals surface area contributed by atoms with Crippen molar-refractivity contribution in [3.05, 3.63) is 41.0 Å². The lowest BCUT2D eigenvalue weighted by Gasteiger charge is -2.33. The SMILES string of the molecule is COc1nc(N2CCNC(C)C2)c2cc(C#N)c(-c3ccc(F)c4sc(N)c(C#N)c34)c(F)c2n1. The second-order valence-corrected chi connectivity index (χ2v) is 9.26. The third kappa shape index (κ3) is 3.57. The summed E-state index contributed by atoms with van der Waals surface area (Å²) in [5, 5.41) is 23.6. The van der Waals surface area contributed by atoms with Gasteiger partial charge in [0.1, 0.15) is 28.2 Å². The van der Waals surface area contributed by atoms with Crippen molar-refractivity contribution in [3.63, 3.8) is 0 Å². The molecule has 0 saturated carbocycles. The van der Waals surface area contributed by atoms with Crippen LogP contribution in [0.5, 0.6) is 6.01 Å². The number of piperazine rings is 1. The van der Waals surface area contributed by atoms with E-state index in [1.54, 1.807) is 0 Å². The van der Waals surface area contributed by atoms with Crippen LogP contribution in [-0.4, -0.2) is 42.8 Å². The summed E-state index contributed by atoms with van der Waals surface area (Å²) in [6.45, 7) is 4.00. The van der Waals surface area contributed by atoms with Gasteiger partial charge in [-0.1, -0.05) is 6.07 Å². The highest BCUT2D eigenvalue weighted by atomic mass is 32.1. The summed E-state index contributed by atoms with van der Waals surface area (Å²) in [4.78, 5) is 10.7. The Morgan fingerprint density at radius 1 is 1.26 bits per heavy atom. The molecule has 1 aliphatic heterocycles. The van der Waals surface area contributed by atoms with Gasteiger partial charge in [0.2, 0.25) is 0 Å². The van der Waals surface area contributed by atoms with Crippen molar-refractivity contribution in [2.45, 2.75) is 13.0 Å². The van der Waals surface area contributed by atoms with Gasteiger partial charge in [-0.15, -0.1) is 11.3 Å². The van der Waals surface area contributed by atoms with Gasteiger partial charge in [0.15, 0.2) is 5.82 Å². The van der Waals surface area contributed by atoms with Gasteiger partial charge in [-0.3, -0.25) is 0 Å². The predicted octanol–water partition coefficient (Wildman–Crippen LogP) is 3.92. The number of methoxy groups -OCH3 is 1. The van der Waals surface area contributed by atoms with Crippen molar-refractivity contribution < 1.29 is 13.5 Å². The molecule has 5 rings (SSSR count). The summed E-state index contributed by atoms with van der Waals surface area (Å²) in [6, 6.07) is 8.26. The molecule has 0 radical (unpaired) electrons. The molecule has 1 aliphatic rings. The van der Waals surface area contributed by atoms with Crippen LogP contribution in [0.4, 0.5) is 19.6 Å². The Hall–Kier alpha value is -4.06. The second kappa shape index (κ2) is 8.62. The minimum atomic E-state index is -0.786. The van der Waals surface area contributed by atoms with Crippen molar-refractivity contribution in [2.75, 3.05) is 37.4 Å². The van der Waals surface area contributed by atoms with E-state index in [2.05, 4.69) is 21.4 Å². The number of anilines is 2. The van der Waals surface area contributed by atoms with Gasteiger partial charge in [0, 0.05) is 42.0 Å². The number of nitrogens with one attached hydrogen (secondary N) is 1. The van der Waals surface area contributed by atoms with Gasteiger partial charge in [-0.25, -0.2) is 8.78 Å². The van der Waals surface area contributed by atoms with Gasteiger partial charge in [-0.2, -0.15) is 20.5 Å². The largest absolute Gasteiger partial charge is 0.467 e. The molecule has 4 aromatic rings. The Kier molecular flexibility index (Phi) is 5.59. The van der Waals surface area contributed by atoms with Gasteiger partial charge >= 0.3 is 6.01 Å². The number of ether oxygens (including phenoxy) is 1. The fourth-order valence-corrected chi connectivity index (χ4v) is 5.46. The van der Waals surface area contributed by atoms with Crippen LogP contribution in [0.2, 0.25) is 0 Å². The van der Waals surface area contributed by atoms with E-state index in [1.165, 1.54) is 25.3 Å². The number of nitriles is 2. The zero-order chi connectivity index (χ0) is 24.9. The lowest BCUT2D eigenvalue weighted by atomic mass is 9.93. The molecule has 1 saturated heterocycles. The number of hydrogen-bond donors (Lipinski definition) is 2. The Balaban J connectivity index is 1.86. The molecule has 3 heterocycles. The van der Waals surface area contributed by atoms with E-state index in [0.717, 1.165) is 11.3 Å². The Morgan fingerprint density at radius 2 is 2.06 bits per heavy atom. The number of hydrogen-bond acceptors (Lipinski definition) is 9. The molecule has 0 spiro atoms. The summed E-state index contributed by atoms with van der Waals surface area (Å²) in [7, 11) is 1.39. The predicted molar refractivity (Wildman–Crippen MR) is 130 cm³/mol. The number of nitrogens with zero attached hydrogens (tertiary/aromatic N) is 5. The first-order chi connectivity index (χ1) is 16.9. The first kappa shape index (κ1) is 22.7. The molecule has 0 amide bonds. The number of nitrogen functional groups attached to an aromatic ring is 1. The van der Waals surface area contributed by atoms with Crippen LogP contribution in [0.15, 0.2) is 18.2 Å². The molecule has 0 aliphatic carbocycles. The average molecular weight is 492 g/mol. The Labute approximate surface area is 203 Å². The van der Waals surface area contributed by atoms with Crippen molar-refractivity contribution in [3.8, 4) is 29.3 Å². The molecule has 3 N–H and O–H groups in total. The summed E-state index contributed by atoms with van der Waals surface area (Å²) in [6.07, 6.45) is 0. The average Bonchev–Trinajstić information content (AvgIpc) is 3.21. The van der Waals surface area contributed by atoms with E-state index >= 15 is 4.39 Å². The number of aromatic nitrogens is 2. The minimum Gasteiger partial charge on any atom is -0.467 e. The number of benzene rings is 2.